The van der Waals surface area contributed by atoms with E-state index in [1.165, 1.54) is 22.3 Å². The predicted molar refractivity (Wildman–Crippen MR) is 94.2 cm³/mol. The van der Waals surface area contributed by atoms with Gasteiger partial charge in [-0.05, 0) is 0 Å². The minimum atomic E-state index is 0.420. The molecule has 2 aliphatic carbocycles. The Morgan fingerprint density at radius 3 is 1.43 bits per heavy atom. The third kappa shape index (κ3) is 3.04. The van der Waals surface area contributed by atoms with E-state index in [0.29, 0.717) is 15.2 Å². The van der Waals surface area contributed by atoms with Gasteiger partial charge in [-0.25, -0.2) is 0 Å². The Kier molecular flexibility index (Phi) is 4.16. The normalized spacial score (nSPS) is 16.7. The van der Waals surface area contributed by atoms with E-state index in [2.05, 4.69) is 85.0 Å². The maximum atomic E-state index is 2.31. The fourth-order valence-corrected chi connectivity index (χ4v) is 5.01. The van der Waals surface area contributed by atoms with E-state index in [4.69, 9.17) is 0 Å². The summed E-state index contributed by atoms with van der Waals surface area (Å²) in [5, 5.41) is 0. The molecule has 0 radical (unpaired) electrons. The van der Waals surface area contributed by atoms with Crippen LogP contribution in [0.3, 0.4) is 0 Å². The number of hydrogen-bond acceptors (Lipinski definition) is 0. The Morgan fingerprint density at radius 1 is 0.565 bits per heavy atom. The molecule has 0 unspecified atom stereocenters. The fraction of sp³-hybridized carbons (Fsp3) is 0.0909. The zero-order valence-electron chi connectivity index (χ0n) is 12.9. The fourth-order valence-electron chi connectivity index (χ4n) is 3.07. The van der Waals surface area contributed by atoms with Crippen molar-refractivity contribution in [3.05, 3.63) is 105 Å². The van der Waals surface area contributed by atoms with Gasteiger partial charge in [0.2, 0.25) is 0 Å². The van der Waals surface area contributed by atoms with Crippen molar-refractivity contribution in [1.29, 1.82) is 0 Å². The summed E-state index contributed by atoms with van der Waals surface area (Å²) in [6, 6.07) is 21.6. The van der Waals surface area contributed by atoms with Crippen molar-refractivity contribution in [2.75, 3.05) is 0 Å². The first-order chi connectivity index (χ1) is 11.4. The topological polar surface area (TPSA) is 0 Å². The molecule has 0 heterocycles. The second-order valence-corrected chi connectivity index (χ2v) is 7.58. The van der Waals surface area contributed by atoms with Gasteiger partial charge in [-0.1, -0.05) is 0 Å². The summed E-state index contributed by atoms with van der Waals surface area (Å²) < 4.78 is 3.21. The Balaban J connectivity index is 1.67. The van der Waals surface area contributed by atoms with E-state index >= 15 is 0 Å². The van der Waals surface area contributed by atoms with Crippen LogP contribution in [-0.2, 0) is 15.2 Å². The van der Waals surface area contributed by atoms with Crippen LogP contribution in [0, 0.1) is 0 Å². The van der Waals surface area contributed by atoms with Crippen molar-refractivity contribution in [3.63, 3.8) is 0 Å². The van der Waals surface area contributed by atoms with Gasteiger partial charge in [-0.3, -0.25) is 0 Å². The van der Waals surface area contributed by atoms with Gasteiger partial charge in [0.05, 0.1) is 0 Å². The van der Waals surface area contributed by atoms with Gasteiger partial charge >= 0.3 is 144 Å². The standard InChI is InChI=1S/2C11H9.Cr/c2*1-2-6-10(7-3-1)11-8-4-5-9-11;/h2*1-4,6-8H,5H2;. The molecule has 1 heteroatoms. The first-order valence-corrected chi connectivity index (χ1v) is 9.27. The van der Waals surface area contributed by atoms with Gasteiger partial charge in [-0.2, -0.15) is 0 Å². The van der Waals surface area contributed by atoms with Crippen molar-refractivity contribution >= 4 is 11.1 Å². The molecule has 0 aromatic heterocycles. The molecule has 0 nitrogen and oxygen atoms in total. The molecular weight excluding hydrogens is 316 g/mol. The summed E-state index contributed by atoms with van der Waals surface area (Å²) in [5.74, 6) is 0. The zero-order valence-corrected chi connectivity index (χ0v) is 14.2. The average Bonchev–Trinajstić information content (AvgIpc) is 3.26. The first kappa shape index (κ1) is 14.5. The Labute approximate surface area is 144 Å². The van der Waals surface area contributed by atoms with Crippen LogP contribution in [0.1, 0.15) is 24.0 Å². The molecule has 112 valence electrons. The molecule has 4 rings (SSSR count). The zero-order chi connectivity index (χ0) is 15.5. The quantitative estimate of drug-likeness (QED) is 0.662. The van der Waals surface area contributed by atoms with E-state index in [-0.39, 0.29) is 0 Å². The number of benzene rings is 2. The summed E-state index contributed by atoms with van der Waals surface area (Å²) in [4.78, 5) is 0. The van der Waals surface area contributed by atoms with Crippen LogP contribution in [0.25, 0.3) is 11.1 Å². The predicted octanol–water partition coefficient (Wildman–Crippen LogP) is 5.81. The molecular formula is C22H18Cr. The van der Waals surface area contributed by atoms with Crippen LogP contribution >= 0.6 is 0 Å². The van der Waals surface area contributed by atoms with Gasteiger partial charge in [0.25, 0.3) is 0 Å². The SMILES string of the molecule is C1=CC(c2ccccc2)=[C]([Cr][C]2=C(c3ccccc3)C=CC2)C1. The van der Waals surface area contributed by atoms with Gasteiger partial charge in [0.15, 0.2) is 0 Å². The Hall–Kier alpha value is -2.07. The van der Waals surface area contributed by atoms with Crippen molar-refractivity contribution in [2.24, 2.45) is 0 Å². The molecule has 2 aromatic carbocycles. The summed E-state index contributed by atoms with van der Waals surface area (Å²) in [5.41, 5.74) is 5.59. The van der Waals surface area contributed by atoms with E-state index in [9.17, 15) is 0 Å². The Morgan fingerprint density at radius 2 is 1.00 bits per heavy atom. The van der Waals surface area contributed by atoms with Gasteiger partial charge < -0.3 is 0 Å². The second-order valence-electron chi connectivity index (χ2n) is 5.72. The molecule has 0 amide bonds. The molecule has 0 saturated carbocycles. The van der Waals surface area contributed by atoms with Crippen molar-refractivity contribution in [2.45, 2.75) is 12.8 Å². The number of hydrogen-bond donors (Lipinski definition) is 0. The van der Waals surface area contributed by atoms with E-state index in [1.54, 1.807) is 8.87 Å². The molecule has 0 spiro atoms. The molecule has 2 aliphatic rings. The summed E-state index contributed by atoms with van der Waals surface area (Å²) in [6.45, 7) is 0. The van der Waals surface area contributed by atoms with Crippen LogP contribution in [0.5, 0.6) is 0 Å². The maximum absolute atomic E-state index is 2.31. The van der Waals surface area contributed by atoms with Crippen molar-refractivity contribution < 1.29 is 15.2 Å². The summed E-state index contributed by atoms with van der Waals surface area (Å²) in [6.07, 6.45) is 11.4. The molecule has 0 saturated heterocycles. The first-order valence-electron chi connectivity index (χ1n) is 8.00. The summed E-state index contributed by atoms with van der Waals surface area (Å²) in [7, 11) is 0. The molecule has 23 heavy (non-hydrogen) atoms. The third-order valence-electron chi connectivity index (χ3n) is 4.19. The molecule has 0 fully saturated rings. The summed E-state index contributed by atoms with van der Waals surface area (Å²) >= 11 is 0.420. The molecule has 0 N–H and O–H groups in total. The monoisotopic (exact) mass is 334 g/mol. The van der Waals surface area contributed by atoms with Gasteiger partial charge in [0.1, 0.15) is 0 Å². The van der Waals surface area contributed by atoms with Crippen LogP contribution < -0.4 is 0 Å². The van der Waals surface area contributed by atoms with E-state index in [1.807, 2.05) is 0 Å². The minimum absolute atomic E-state index is 0.420. The van der Waals surface area contributed by atoms with Crippen LogP contribution in [0.15, 0.2) is 93.8 Å². The van der Waals surface area contributed by atoms with Crippen molar-refractivity contribution in [3.8, 4) is 0 Å². The molecule has 2 aromatic rings. The van der Waals surface area contributed by atoms with E-state index < -0.39 is 0 Å². The molecule has 0 bridgehead atoms. The van der Waals surface area contributed by atoms with Gasteiger partial charge in [0, 0.05) is 0 Å². The van der Waals surface area contributed by atoms with Crippen molar-refractivity contribution in [1.82, 2.24) is 0 Å². The van der Waals surface area contributed by atoms with Crippen LogP contribution in [0.4, 0.5) is 0 Å². The Bertz CT molecular complexity index is 749. The number of rotatable bonds is 4. The molecule has 0 aliphatic heterocycles. The average molecular weight is 334 g/mol. The van der Waals surface area contributed by atoms with E-state index in [0.717, 1.165) is 12.8 Å². The third-order valence-corrected chi connectivity index (χ3v) is 6.17. The van der Waals surface area contributed by atoms with Crippen LogP contribution in [0.2, 0.25) is 0 Å². The number of allylic oxidation sites excluding steroid dienone is 8. The molecule has 0 atom stereocenters. The van der Waals surface area contributed by atoms with Gasteiger partial charge in [-0.15, -0.1) is 0 Å². The van der Waals surface area contributed by atoms with Crippen LogP contribution in [-0.4, -0.2) is 0 Å². The second kappa shape index (κ2) is 6.59.